The average Bonchev–Trinajstić information content (AvgIpc) is 2.88. The molecule has 0 saturated heterocycles. The summed E-state index contributed by atoms with van der Waals surface area (Å²) < 4.78 is 9.64. The van der Waals surface area contributed by atoms with Gasteiger partial charge in [0.05, 0.1) is 0 Å². The molecule has 4 aromatic heterocycles. The molecule has 0 bridgehead atoms. The summed E-state index contributed by atoms with van der Waals surface area (Å²) >= 11 is 0. The van der Waals surface area contributed by atoms with Crippen molar-refractivity contribution >= 4 is 56.2 Å². The van der Waals surface area contributed by atoms with E-state index in [1.807, 2.05) is 72.8 Å². The largest absolute Gasteiger partial charge is 2.00 e. The number of pyridine rings is 4. The summed E-state index contributed by atoms with van der Waals surface area (Å²) in [5.41, 5.74) is 0. The molecule has 0 spiro atoms. The van der Waals surface area contributed by atoms with Crippen molar-refractivity contribution in [1.82, 2.24) is 19.9 Å². The predicted molar refractivity (Wildman–Crippen MR) is 202 cm³/mol. The van der Waals surface area contributed by atoms with Gasteiger partial charge in [-0.2, -0.15) is 0 Å². The summed E-state index contributed by atoms with van der Waals surface area (Å²) in [6.45, 7) is 27.6. The summed E-state index contributed by atoms with van der Waals surface area (Å²) in [5, 5.41) is 8.44. The van der Waals surface area contributed by atoms with Crippen molar-refractivity contribution in [3.05, 3.63) is 118 Å². The topological polar surface area (TPSA) is 108 Å². The van der Waals surface area contributed by atoms with Crippen LogP contribution in [0.1, 0.15) is 0 Å². The SMILES string of the molecule is C[Si](C)(C)[N-][Si](C)(C)C.C[Si](C)(C)[N-][Si](C)(C)C.[Fe+2].[Fe+2].c1ccc([N-]c2ccccn2)nc1.c1ccc([N-]c2ccccn2)nc1. The van der Waals surface area contributed by atoms with Crippen LogP contribution in [0, 0.1) is 0 Å². The first-order valence-corrected chi connectivity index (χ1v) is 28.7. The predicted octanol–water partition coefficient (Wildman–Crippen LogP) is 11.7. The van der Waals surface area contributed by atoms with Crippen LogP contribution in [-0.4, -0.2) is 52.9 Å². The Kier molecular flexibility index (Phi) is 22.6. The maximum atomic E-state index is 4.82. The second kappa shape index (κ2) is 22.6. The molecule has 14 heteroatoms. The van der Waals surface area contributed by atoms with Gasteiger partial charge in [-0.1, -0.05) is 160 Å². The van der Waals surface area contributed by atoms with Gasteiger partial charge in [0.15, 0.2) is 0 Å². The Labute approximate surface area is 304 Å². The molecular formula is C32H52Fe2N8Si4. The van der Waals surface area contributed by atoms with Gasteiger partial charge in [-0.05, 0) is 49.1 Å². The Morgan fingerprint density at radius 3 is 0.652 bits per heavy atom. The molecule has 0 aliphatic heterocycles. The summed E-state index contributed by atoms with van der Waals surface area (Å²) in [6.07, 6.45) is 6.84. The molecule has 0 aromatic carbocycles. The van der Waals surface area contributed by atoms with Crippen LogP contribution in [0.15, 0.2) is 97.6 Å². The standard InChI is InChI=1S/2C10H8N3.2C6H18NSi2.2Fe/c2*1-3-7-11-9(5-1)13-10-6-2-4-8-12-10;2*1-8(2,3)7-9(4,5)6;;/h2*1-8H;2*1-6H3;;/q4*-1;2*+2. The molecule has 8 nitrogen and oxygen atoms in total. The number of nitrogens with zero attached hydrogens (tertiary/aromatic N) is 8. The molecule has 46 heavy (non-hydrogen) atoms. The van der Waals surface area contributed by atoms with Crippen LogP contribution >= 0.6 is 0 Å². The van der Waals surface area contributed by atoms with Gasteiger partial charge in [0, 0.05) is 23.3 Å². The Morgan fingerprint density at radius 2 is 0.543 bits per heavy atom. The summed E-state index contributed by atoms with van der Waals surface area (Å²) in [5.74, 6) is 2.73. The van der Waals surface area contributed by atoms with E-state index in [1.165, 1.54) is 0 Å². The van der Waals surface area contributed by atoms with Gasteiger partial charge < -0.3 is 39.9 Å². The molecule has 252 valence electrons. The fourth-order valence-corrected chi connectivity index (χ4v) is 20.0. The zero-order chi connectivity index (χ0) is 33.3. The zero-order valence-electron chi connectivity index (χ0n) is 29.5. The number of rotatable bonds is 8. The molecule has 4 rings (SSSR count). The van der Waals surface area contributed by atoms with Crippen molar-refractivity contribution in [2.45, 2.75) is 78.6 Å². The molecule has 0 fully saturated rings. The smallest absolute Gasteiger partial charge is 0.668 e. The first-order chi connectivity index (χ1) is 20.3. The Balaban J connectivity index is 0. The van der Waals surface area contributed by atoms with Gasteiger partial charge >= 0.3 is 34.1 Å². The fraction of sp³-hybridized carbons (Fsp3) is 0.375. The first kappa shape index (κ1) is 46.1. The molecule has 4 aromatic rings. The Morgan fingerprint density at radius 1 is 0.348 bits per heavy atom. The van der Waals surface area contributed by atoms with Gasteiger partial charge in [-0.3, -0.25) is 0 Å². The molecule has 0 amide bonds. The quantitative estimate of drug-likeness (QED) is 0.166. The summed E-state index contributed by atoms with van der Waals surface area (Å²) in [7, 11) is -4.42. The van der Waals surface area contributed by atoms with Gasteiger partial charge in [0.1, 0.15) is 0 Å². The van der Waals surface area contributed by atoms with Gasteiger partial charge in [0.25, 0.3) is 0 Å². The van der Waals surface area contributed by atoms with Crippen LogP contribution in [0.5, 0.6) is 0 Å². The van der Waals surface area contributed by atoms with Crippen LogP contribution in [0.2, 0.25) is 78.6 Å². The van der Waals surface area contributed by atoms with Gasteiger partial charge in [-0.25, -0.2) is 0 Å². The van der Waals surface area contributed by atoms with E-state index >= 15 is 0 Å². The van der Waals surface area contributed by atoms with E-state index in [9.17, 15) is 0 Å². The van der Waals surface area contributed by atoms with E-state index in [-0.39, 0.29) is 34.1 Å². The zero-order valence-corrected chi connectivity index (χ0v) is 35.7. The number of aromatic nitrogens is 4. The van der Waals surface area contributed by atoms with Crippen molar-refractivity contribution in [3.8, 4) is 0 Å². The second-order valence-electron chi connectivity index (χ2n) is 13.9. The molecule has 0 saturated carbocycles. The van der Waals surface area contributed by atoms with Crippen LogP contribution in [-0.2, 0) is 34.1 Å². The molecule has 4 heterocycles. The maximum absolute atomic E-state index is 4.82. The third-order valence-electron chi connectivity index (χ3n) is 4.40. The van der Waals surface area contributed by atoms with E-state index in [4.69, 9.17) is 9.30 Å². The molecule has 0 aliphatic carbocycles. The van der Waals surface area contributed by atoms with Gasteiger partial charge in [0.2, 0.25) is 0 Å². The Bertz CT molecular complexity index is 1080. The fourth-order valence-electron chi connectivity index (χ4n) is 3.93. The van der Waals surface area contributed by atoms with Crippen molar-refractivity contribution in [1.29, 1.82) is 0 Å². The van der Waals surface area contributed by atoms with Crippen molar-refractivity contribution in [2.24, 2.45) is 0 Å². The molecule has 0 unspecified atom stereocenters. The minimum Gasteiger partial charge on any atom is -0.668 e. The van der Waals surface area contributed by atoms with Crippen LogP contribution in [0.25, 0.3) is 19.9 Å². The normalized spacial score (nSPS) is 10.9. The second-order valence-corrected chi connectivity index (χ2v) is 33.0. The number of hydrogen-bond donors (Lipinski definition) is 0. The van der Waals surface area contributed by atoms with E-state index in [2.05, 4.69) is 109 Å². The average molecular weight is 773 g/mol. The van der Waals surface area contributed by atoms with Crippen LogP contribution in [0.4, 0.5) is 23.3 Å². The minimum atomic E-state index is -1.11. The number of hydrogen-bond acceptors (Lipinski definition) is 4. The van der Waals surface area contributed by atoms with Crippen molar-refractivity contribution in [3.63, 3.8) is 0 Å². The van der Waals surface area contributed by atoms with Crippen molar-refractivity contribution < 1.29 is 34.1 Å². The third kappa shape index (κ3) is 28.3. The van der Waals surface area contributed by atoms with E-state index < -0.39 is 32.9 Å². The Hall–Kier alpha value is -1.97. The van der Waals surface area contributed by atoms with Gasteiger partial charge in [-0.15, -0.1) is 0 Å². The van der Waals surface area contributed by atoms with Crippen molar-refractivity contribution in [2.75, 3.05) is 0 Å². The van der Waals surface area contributed by atoms with Crippen LogP contribution in [0.3, 0.4) is 0 Å². The molecule has 0 radical (unpaired) electrons. The summed E-state index contributed by atoms with van der Waals surface area (Å²) in [4.78, 5) is 16.3. The monoisotopic (exact) mass is 772 g/mol. The molecule has 0 atom stereocenters. The van der Waals surface area contributed by atoms with E-state index in [0.717, 1.165) is 0 Å². The first-order valence-electron chi connectivity index (χ1n) is 14.9. The summed E-state index contributed by atoms with van der Waals surface area (Å²) in [6, 6.07) is 22.4. The minimum absolute atomic E-state index is 0. The van der Waals surface area contributed by atoms with Crippen LogP contribution < -0.4 is 0 Å². The maximum Gasteiger partial charge on any atom is 2.00 e. The third-order valence-corrected chi connectivity index (χ3v) is 15.1. The molecule has 0 N–H and O–H groups in total. The molecule has 0 aliphatic rings. The van der Waals surface area contributed by atoms with E-state index in [0.29, 0.717) is 23.3 Å². The van der Waals surface area contributed by atoms with E-state index in [1.54, 1.807) is 24.8 Å². The molecular weight excluding hydrogens is 720 g/mol.